The first-order valence-corrected chi connectivity index (χ1v) is 13.0. The van der Waals surface area contributed by atoms with Crippen molar-refractivity contribution in [1.29, 1.82) is 0 Å². The Kier molecular flexibility index (Phi) is 10.0. The van der Waals surface area contributed by atoms with Crippen LogP contribution in [0.1, 0.15) is 6.92 Å². The summed E-state index contributed by atoms with van der Waals surface area (Å²) < 4.78 is 94.0. The lowest BCUT2D eigenvalue weighted by molar-refractivity contribution is -0.257. The molecule has 0 aromatic heterocycles. The van der Waals surface area contributed by atoms with E-state index in [1.54, 1.807) is 0 Å². The maximum atomic E-state index is 12.8. The fourth-order valence-corrected chi connectivity index (χ4v) is 5.30. The van der Waals surface area contributed by atoms with Crippen LogP contribution in [0.4, 0.5) is 22.0 Å². The van der Waals surface area contributed by atoms with Crippen molar-refractivity contribution in [3.05, 3.63) is 103 Å². The normalized spacial score (nSPS) is 12.8. The Morgan fingerprint density at radius 1 is 0.811 bits per heavy atom. The summed E-state index contributed by atoms with van der Waals surface area (Å²) in [5.74, 6) is -1.87. The van der Waals surface area contributed by atoms with Crippen LogP contribution in [0.15, 0.2) is 118 Å². The zero-order chi connectivity index (χ0) is 27.9. The number of ether oxygens (including phenoxy) is 1. The molecular formula is C25H22F5O5S2+. The number of carbonyl (C=O) groups is 1. The molecule has 0 aliphatic heterocycles. The van der Waals surface area contributed by atoms with Gasteiger partial charge in [0.25, 0.3) is 6.10 Å². The van der Waals surface area contributed by atoms with Crippen molar-refractivity contribution < 1.29 is 44.5 Å². The number of alkyl halides is 5. The van der Waals surface area contributed by atoms with Crippen LogP contribution in [-0.4, -0.2) is 36.5 Å². The number of benzene rings is 3. The van der Waals surface area contributed by atoms with Crippen molar-refractivity contribution in [2.45, 2.75) is 39.1 Å². The highest BCUT2D eigenvalue weighted by Crippen LogP contribution is 2.38. The highest BCUT2D eigenvalue weighted by atomic mass is 32.2. The summed E-state index contributed by atoms with van der Waals surface area (Å²) in [7, 11) is -6.43. The third-order valence-corrected chi connectivity index (χ3v) is 7.59. The fourth-order valence-electron chi connectivity index (χ4n) is 2.75. The van der Waals surface area contributed by atoms with E-state index in [0.29, 0.717) is 0 Å². The van der Waals surface area contributed by atoms with Gasteiger partial charge in [-0.1, -0.05) is 61.2 Å². The van der Waals surface area contributed by atoms with Gasteiger partial charge in [0, 0.05) is 5.57 Å². The van der Waals surface area contributed by atoms with Crippen LogP contribution in [0.5, 0.6) is 0 Å². The molecule has 0 heterocycles. The second-order valence-electron chi connectivity index (χ2n) is 7.39. The van der Waals surface area contributed by atoms with E-state index in [1.807, 2.05) is 0 Å². The Bertz CT molecular complexity index is 1190. The molecule has 0 radical (unpaired) electrons. The zero-order valence-electron chi connectivity index (χ0n) is 19.2. The van der Waals surface area contributed by atoms with Crippen LogP contribution >= 0.6 is 0 Å². The molecule has 3 rings (SSSR count). The van der Waals surface area contributed by atoms with Gasteiger partial charge in [0.05, 0.1) is 10.9 Å². The summed E-state index contributed by atoms with van der Waals surface area (Å²) in [6.45, 7) is 3.70. The summed E-state index contributed by atoms with van der Waals surface area (Å²) in [5, 5.41) is -5.73. The Hall–Kier alpha value is -3.22. The summed E-state index contributed by atoms with van der Waals surface area (Å²) in [6.07, 6.45) is -10.2. The first-order valence-electron chi connectivity index (χ1n) is 10.3. The smallest absolute Gasteiger partial charge is 0.432 e. The quantitative estimate of drug-likeness (QED) is 0.120. The summed E-state index contributed by atoms with van der Waals surface area (Å²) >= 11 is 0. The average molecular weight is 562 g/mol. The molecule has 0 aliphatic rings. The van der Waals surface area contributed by atoms with Crippen LogP contribution < -0.4 is 0 Å². The zero-order valence-corrected chi connectivity index (χ0v) is 20.9. The summed E-state index contributed by atoms with van der Waals surface area (Å²) in [5.41, 5.74) is -0.657. The largest absolute Gasteiger partial charge is 0.441 e. The van der Waals surface area contributed by atoms with E-state index in [1.165, 1.54) is 14.7 Å². The van der Waals surface area contributed by atoms with E-state index < -0.39 is 39.2 Å². The molecule has 37 heavy (non-hydrogen) atoms. The number of carbonyl (C=O) groups excluding carboxylic acids is 1. The molecule has 5 nitrogen and oxygen atoms in total. The molecule has 0 saturated carbocycles. The lowest BCUT2D eigenvalue weighted by Crippen LogP contribution is -2.52. The van der Waals surface area contributed by atoms with E-state index in [4.69, 9.17) is 4.55 Å². The van der Waals surface area contributed by atoms with Gasteiger partial charge in [0.2, 0.25) is 0 Å². The molecule has 0 fully saturated rings. The maximum absolute atomic E-state index is 12.8. The van der Waals surface area contributed by atoms with Gasteiger partial charge in [-0.25, -0.2) is 4.79 Å². The third kappa shape index (κ3) is 8.14. The number of halogens is 5. The van der Waals surface area contributed by atoms with E-state index in [0.717, 1.165) is 6.92 Å². The highest BCUT2D eigenvalue weighted by Gasteiger charge is 2.66. The van der Waals surface area contributed by atoms with Crippen molar-refractivity contribution in [2.24, 2.45) is 0 Å². The maximum Gasteiger partial charge on any atom is 0.432 e. The molecule has 198 valence electrons. The highest BCUT2D eigenvalue weighted by molar-refractivity contribution is 7.97. The van der Waals surface area contributed by atoms with Crippen LogP contribution in [-0.2, 0) is 30.5 Å². The summed E-state index contributed by atoms with van der Waals surface area (Å²) in [4.78, 5) is 14.8. The Labute approximate surface area is 213 Å². The molecule has 3 aromatic carbocycles. The second kappa shape index (κ2) is 12.3. The number of esters is 1. The van der Waals surface area contributed by atoms with Crippen molar-refractivity contribution in [1.82, 2.24) is 0 Å². The van der Waals surface area contributed by atoms with Crippen LogP contribution in [0.25, 0.3) is 0 Å². The Morgan fingerprint density at radius 2 is 1.14 bits per heavy atom. The van der Waals surface area contributed by atoms with Crippen LogP contribution in [0, 0.1) is 0 Å². The van der Waals surface area contributed by atoms with Crippen molar-refractivity contribution in [2.75, 3.05) is 0 Å². The van der Waals surface area contributed by atoms with Gasteiger partial charge in [-0.3, -0.25) is 4.55 Å². The molecule has 0 amide bonds. The molecule has 0 aliphatic carbocycles. The van der Waals surface area contributed by atoms with E-state index in [2.05, 4.69) is 102 Å². The molecule has 12 heteroatoms. The number of hydrogen-bond acceptors (Lipinski definition) is 4. The standard InChI is InChI=1S/C18H15S.C7H7F5O5S/c1-4-10-16(11-5-1)19(17-12-6-2-7-13-17)18-14-8-3-9-15-18;1-3(2)4(13)17-5(6(8,9)10)7(11,12)18(14,15)16/h1-15H;5H,1H2,2H3,(H,14,15,16)/q+1;. The number of rotatable bonds is 7. The molecule has 0 saturated heterocycles. The molecule has 0 spiro atoms. The van der Waals surface area contributed by atoms with Gasteiger partial charge in [-0.15, -0.1) is 0 Å². The Balaban J connectivity index is 0.000000261. The fraction of sp³-hybridized carbons (Fsp3) is 0.160. The van der Waals surface area contributed by atoms with Gasteiger partial charge < -0.3 is 4.74 Å². The van der Waals surface area contributed by atoms with Gasteiger partial charge in [-0.2, -0.15) is 30.4 Å². The van der Waals surface area contributed by atoms with Gasteiger partial charge in [0.15, 0.2) is 14.7 Å². The third-order valence-electron chi connectivity index (χ3n) is 4.46. The monoisotopic (exact) mass is 561 g/mol. The predicted octanol–water partition coefficient (Wildman–Crippen LogP) is 6.30. The van der Waals surface area contributed by atoms with E-state index >= 15 is 0 Å². The Morgan fingerprint density at radius 3 is 1.38 bits per heavy atom. The second-order valence-corrected chi connectivity index (χ2v) is 10.9. The van der Waals surface area contributed by atoms with E-state index in [9.17, 15) is 35.2 Å². The molecular weight excluding hydrogens is 539 g/mol. The topological polar surface area (TPSA) is 80.7 Å². The molecule has 0 bridgehead atoms. The molecule has 3 aromatic rings. The summed E-state index contributed by atoms with van der Waals surface area (Å²) in [6, 6.07) is 32.2. The first-order chi connectivity index (χ1) is 17.2. The minimum atomic E-state index is -6.42. The average Bonchev–Trinajstić information content (AvgIpc) is 2.83. The minimum absolute atomic E-state index is 0.0146. The molecule has 1 atom stereocenters. The van der Waals surface area contributed by atoms with Crippen molar-refractivity contribution in [3.8, 4) is 0 Å². The molecule has 1 unspecified atom stereocenters. The van der Waals surface area contributed by atoms with Crippen LogP contribution in [0.2, 0.25) is 0 Å². The van der Waals surface area contributed by atoms with Gasteiger partial charge in [-0.05, 0) is 43.3 Å². The van der Waals surface area contributed by atoms with Crippen molar-refractivity contribution >= 4 is 27.0 Å². The van der Waals surface area contributed by atoms with Gasteiger partial charge >= 0.3 is 27.5 Å². The first kappa shape index (κ1) is 30.0. The van der Waals surface area contributed by atoms with Crippen molar-refractivity contribution in [3.63, 3.8) is 0 Å². The SMILES string of the molecule is C=C(C)C(=O)OC(C(F)(F)F)C(F)(F)S(=O)(=O)O.c1ccc([S+](c2ccccc2)c2ccccc2)cc1. The lowest BCUT2D eigenvalue weighted by atomic mass is 10.3. The van der Waals surface area contributed by atoms with E-state index in [-0.39, 0.29) is 10.9 Å². The predicted molar refractivity (Wildman–Crippen MR) is 129 cm³/mol. The lowest BCUT2D eigenvalue weighted by Gasteiger charge is -2.25. The minimum Gasteiger partial charge on any atom is -0.441 e. The number of hydrogen-bond donors (Lipinski definition) is 1. The van der Waals surface area contributed by atoms with Gasteiger partial charge in [0.1, 0.15) is 0 Å². The van der Waals surface area contributed by atoms with Crippen LogP contribution in [0.3, 0.4) is 0 Å². The molecule has 1 N–H and O–H groups in total.